The highest BCUT2D eigenvalue weighted by atomic mass is 32.2. The predicted molar refractivity (Wildman–Crippen MR) is 124 cm³/mol. The van der Waals surface area contributed by atoms with Crippen molar-refractivity contribution in [1.29, 1.82) is 0 Å². The molecule has 1 fully saturated rings. The van der Waals surface area contributed by atoms with Crippen LogP contribution < -0.4 is 10.3 Å². The Morgan fingerprint density at radius 3 is 2.71 bits per heavy atom. The van der Waals surface area contributed by atoms with Crippen LogP contribution in [-0.2, 0) is 4.79 Å². The van der Waals surface area contributed by atoms with Crippen LogP contribution in [0.4, 0.5) is 0 Å². The maximum absolute atomic E-state index is 13.3. The topological polar surface area (TPSA) is 64.4 Å². The summed E-state index contributed by atoms with van der Waals surface area (Å²) in [6, 6.07) is 14.9. The standard InChI is InChI=1S/C24H27N3O3S/c1-26(17-9-4-3-5-10-17)22(28)16-31-24-25-21-14-7-6-13-20(21)23(29)27(24)18-11-8-12-19(15-18)30-2/h6-8,11-15,17H,3-5,9-10,16H2,1-2H3. The third-order valence-corrected chi connectivity index (χ3v) is 6.82. The number of rotatable bonds is 6. The fourth-order valence-corrected chi connectivity index (χ4v) is 5.02. The van der Waals surface area contributed by atoms with Crippen molar-refractivity contribution in [2.45, 2.75) is 43.3 Å². The number of methoxy groups -OCH3 is 1. The second kappa shape index (κ2) is 9.56. The van der Waals surface area contributed by atoms with Crippen molar-refractivity contribution in [3.8, 4) is 11.4 Å². The van der Waals surface area contributed by atoms with E-state index in [1.807, 2.05) is 48.3 Å². The van der Waals surface area contributed by atoms with E-state index in [0.717, 1.165) is 12.8 Å². The van der Waals surface area contributed by atoms with E-state index in [1.165, 1.54) is 31.0 Å². The Morgan fingerprint density at radius 2 is 1.94 bits per heavy atom. The molecule has 2 aromatic carbocycles. The monoisotopic (exact) mass is 437 g/mol. The molecule has 0 saturated heterocycles. The third-order valence-electron chi connectivity index (χ3n) is 5.90. The Bertz CT molecular complexity index is 1140. The zero-order valence-electron chi connectivity index (χ0n) is 17.9. The Hall–Kier alpha value is -2.80. The van der Waals surface area contributed by atoms with Crippen LogP contribution in [0.15, 0.2) is 58.5 Å². The molecule has 1 aliphatic rings. The average molecular weight is 438 g/mol. The molecule has 6 nitrogen and oxygen atoms in total. The van der Waals surface area contributed by atoms with E-state index in [4.69, 9.17) is 9.72 Å². The van der Waals surface area contributed by atoms with Crippen LogP contribution in [0.25, 0.3) is 16.6 Å². The summed E-state index contributed by atoms with van der Waals surface area (Å²) in [5, 5.41) is 1.04. The van der Waals surface area contributed by atoms with Crippen LogP contribution in [0, 0.1) is 0 Å². The predicted octanol–water partition coefficient (Wildman–Crippen LogP) is 4.28. The normalized spacial score (nSPS) is 14.5. The summed E-state index contributed by atoms with van der Waals surface area (Å²) >= 11 is 1.30. The van der Waals surface area contributed by atoms with Gasteiger partial charge in [0.1, 0.15) is 5.75 Å². The summed E-state index contributed by atoms with van der Waals surface area (Å²) in [7, 11) is 3.48. The molecule has 0 atom stereocenters. The van der Waals surface area contributed by atoms with Gasteiger partial charge in [0.2, 0.25) is 5.91 Å². The van der Waals surface area contributed by atoms with E-state index < -0.39 is 0 Å². The largest absolute Gasteiger partial charge is 0.497 e. The van der Waals surface area contributed by atoms with E-state index in [0.29, 0.717) is 33.5 Å². The molecule has 0 bridgehead atoms. The number of nitrogens with zero attached hydrogens (tertiary/aromatic N) is 3. The van der Waals surface area contributed by atoms with Crippen LogP contribution in [0.2, 0.25) is 0 Å². The first-order valence-electron chi connectivity index (χ1n) is 10.6. The van der Waals surface area contributed by atoms with Gasteiger partial charge in [0, 0.05) is 19.2 Å². The maximum Gasteiger partial charge on any atom is 0.266 e. The molecule has 0 spiro atoms. The average Bonchev–Trinajstić information content (AvgIpc) is 2.82. The first-order valence-corrected chi connectivity index (χ1v) is 11.6. The van der Waals surface area contributed by atoms with Crippen LogP contribution >= 0.6 is 11.8 Å². The number of carbonyl (C=O) groups excluding carboxylic acids is 1. The molecule has 0 aliphatic heterocycles. The van der Waals surface area contributed by atoms with E-state index in [2.05, 4.69) is 0 Å². The molecule has 7 heteroatoms. The lowest BCUT2D eigenvalue weighted by atomic mass is 9.94. The minimum Gasteiger partial charge on any atom is -0.497 e. The second-order valence-electron chi connectivity index (χ2n) is 7.84. The van der Waals surface area contributed by atoms with Gasteiger partial charge in [0.05, 0.1) is 29.5 Å². The lowest BCUT2D eigenvalue weighted by Gasteiger charge is -2.31. The number of hydrogen-bond donors (Lipinski definition) is 0. The van der Waals surface area contributed by atoms with Gasteiger partial charge < -0.3 is 9.64 Å². The molecule has 0 radical (unpaired) electrons. The summed E-state index contributed by atoms with van der Waals surface area (Å²) in [6.07, 6.45) is 5.74. The fourth-order valence-electron chi connectivity index (χ4n) is 4.09. The molecule has 0 N–H and O–H groups in total. The summed E-state index contributed by atoms with van der Waals surface area (Å²) in [5.41, 5.74) is 1.13. The van der Waals surface area contributed by atoms with E-state index in [1.54, 1.807) is 23.8 Å². The number of benzene rings is 2. The van der Waals surface area contributed by atoms with Gasteiger partial charge in [0.25, 0.3) is 5.56 Å². The van der Waals surface area contributed by atoms with Crippen LogP contribution in [-0.4, -0.2) is 46.3 Å². The van der Waals surface area contributed by atoms with Crippen molar-refractivity contribution in [2.24, 2.45) is 0 Å². The van der Waals surface area contributed by atoms with Crippen molar-refractivity contribution >= 4 is 28.6 Å². The lowest BCUT2D eigenvalue weighted by molar-refractivity contribution is -0.129. The Balaban J connectivity index is 1.67. The van der Waals surface area contributed by atoms with Crippen molar-refractivity contribution in [2.75, 3.05) is 19.9 Å². The van der Waals surface area contributed by atoms with Crippen LogP contribution in [0.5, 0.6) is 5.75 Å². The van der Waals surface area contributed by atoms with Crippen molar-refractivity contribution in [3.05, 3.63) is 58.9 Å². The molecule has 1 aliphatic carbocycles. The molecule has 4 rings (SSSR count). The first-order chi connectivity index (χ1) is 15.1. The summed E-state index contributed by atoms with van der Waals surface area (Å²) < 4.78 is 6.91. The Kier molecular flexibility index (Phi) is 6.61. The summed E-state index contributed by atoms with van der Waals surface area (Å²) in [4.78, 5) is 32.8. The number of amides is 1. The molecule has 1 amide bonds. The molecule has 1 aromatic heterocycles. The number of ether oxygens (including phenoxy) is 1. The number of para-hydroxylation sites is 1. The molecular weight excluding hydrogens is 410 g/mol. The number of carbonyl (C=O) groups is 1. The van der Waals surface area contributed by atoms with Gasteiger partial charge in [-0.15, -0.1) is 0 Å². The molecular formula is C24H27N3O3S. The summed E-state index contributed by atoms with van der Waals surface area (Å²) in [6.45, 7) is 0. The fraction of sp³-hybridized carbons (Fsp3) is 0.375. The first kappa shape index (κ1) is 21.4. The quantitative estimate of drug-likeness (QED) is 0.425. The highest BCUT2D eigenvalue weighted by Gasteiger charge is 2.23. The van der Waals surface area contributed by atoms with Gasteiger partial charge in [-0.1, -0.05) is 49.2 Å². The molecule has 162 valence electrons. The van der Waals surface area contributed by atoms with Crippen molar-refractivity contribution in [1.82, 2.24) is 14.5 Å². The van der Waals surface area contributed by atoms with Crippen LogP contribution in [0.3, 0.4) is 0 Å². The Morgan fingerprint density at radius 1 is 1.16 bits per heavy atom. The zero-order chi connectivity index (χ0) is 21.8. The molecule has 31 heavy (non-hydrogen) atoms. The van der Waals surface area contributed by atoms with Gasteiger partial charge in [-0.25, -0.2) is 4.98 Å². The third kappa shape index (κ3) is 4.61. The van der Waals surface area contributed by atoms with Gasteiger partial charge in [0.15, 0.2) is 5.16 Å². The maximum atomic E-state index is 13.3. The number of hydrogen-bond acceptors (Lipinski definition) is 5. The SMILES string of the molecule is COc1cccc(-n2c(SCC(=O)N(C)C3CCCCC3)nc3ccccc3c2=O)c1. The van der Waals surface area contributed by atoms with Gasteiger partial charge in [-0.2, -0.15) is 0 Å². The smallest absolute Gasteiger partial charge is 0.266 e. The van der Waals surface area contributed by atoms with E-state index in [9.17, 15) is 9.59 Å². The molecule has 3 aromatic rings. The molecule has 1 saturated carbocycles. The number of aromatic nitrogens is 2. The lowest BCUT2D eigenvalue weighted by Crippen LogP contribution is -2.39. The number of fused-ring (bicyclic) bond motifs is 1. The molecule has 0 unspecified atom stereocenters. The van der Waals surface area contributed by atoms with Crippen molar-refractivity contribution < 1.29 is 9.53 Å². The summed E-state index contributed by atoms with van der Waals surface area (Å²) in [5.74, 6) is 0.958. The second-order valence-corrected chi connectivity index (χ2v) is 8.78. The minimum absolute atomic E-state index is 0.0662. The number of thioether (sulfide) groups is 1. The Labute approximate surface area is 186 Å². The highest BCUT2D eigenvalue weighted by Crippen LogP contribution is 2.26. The molecule has 1 heterocycles. The van der Waals surface area contributed by atoms with Crippen molar-refractivity contribution in [3.63, 3.8) is 0 Å². The highest BCUT2D eigenvalue weighted by molar-refractivity contribution is 7.99. The minimum atomic E-state index is -0.158. The van der Waals surface area contributed by atoms with Crippen LogP contribution in [0.1, 0.15) is 32.1 Å². The van der Waals surface area contributed by atoms with E-state index >= 15 is 0 Å². The van der Waals surface area contributed by atoms with Gasteiger partial charge in [-0.05, 0) is 37.1 Å². The van der Waals surface area contributed by atoms with Gasteiger partial charge in [-0.3, -0.25) is 14.2 Å². The van der Waals surface area contributed by atoms with E-state index in [-0.39, 0.29) is 17.2 Å². The van der Waals surface area contributed by atoms with Gasteiger partial charge >= 0.3 is 0 Å². The zero-order valence-corrected chi connectivity index (χ0v) is 18.7.